The van der Waals surface area contributed by atoms with Crippen LogP contribution in [-0.2, 0) is 24.3 Å². The number of aromatic nitrogens is 1. The number of carbonyl (C=O) groups is 1. The normalized spacial score (nSPS) is 17.9. The summed E-state index contributed by atoms with van der Waals surface area (Å²) in [6.45, 7) is 3.94. The molecule has 0 radical (unpaired) electrons. The van der Waals surface area contributed by atoms with Crippen LogP contribution in [0.1, 0.15) is 92.6 Å². The van der Waals surface area contributed by atoms with Crippen molar-refractivity contribution in [1.29, 1.82) is 0 Å². The first-order valence-corrected chi connectivity index (χ1v) is 15.6. The summed E-state index contributed by atoms with van der Waals surface area (Å²) < 4.78 is 0. The largest absolute Gasteiger partial charge is 0.370 e. The highest BCUT2D eigenvalue weighted by Crippen LogP contribution is 2.28. The van der Waals surface area contributed by atoms with Crippen molar-refractivity contribution in [2.45, 2.75) is 102 Å². The van der Waals surface area contributed by atoms with Gasteiger partial charge in [-0.25, -0.2) is 0 Å². The number of aliphatic imine (C=N–C) groups is 1. The minimum atomic E-state index is -0.349. The second kappa shape index (κ2) is 17.1. The molecule has 2 aromatic rings. The van der Waals surface area contributed by atoms with E-state index in [1.54, 1.807) is 0 Å². The minimum absolute atomic E-state index is 0.00895. The van der Waals surface area contributed by atoms with E-state index in [-0.39, 0.29) is 24.0 Å². The van der Waals surface area contributed by atoms with E-state index in [0.29, 0.717) is 25.9 Å². The summed E-state index contributed by atoms with van der Waals surface area (Å²) in [5.41, 5.74) is 15.6. The van der Waals surface area contributed by atoms with Crippen molar-refractivity contribution < 1.29 is 4.79 Å². The van der Waals surface area contributed by atoms with Gasteiger partial charge in [0.25, 0.3) is 0 Å². The molecule has 1 aromatic carbocycles. The molecular formula is C32H50N8O. The maximum absolute atomic E-state index is 13.3. The van der Waals surface area contributed by atoms with Crippen molar-refractivity contribution in [3.05, 3.63) is 65.0 Å². The lowest BCUT2D eigenvalue weighted by Crippen LogP contribution is -2.46. The van der Waals surface area contributed by atoms with Crippen molar-refractivity contribution >= 4 is 11.9 Å². The average Bonchev–Trinajstić information content (AvgIpc) is 3.00. The van der Waals surface area contributed by atoms with Gasteiger partial charge in [0, 0.05) is 31.9 Å². The smallest absolute Gasteiger partial charge is 0.237 e. The van der Waals surface area contributed by atoms with Gasteiger partial charge < -0.3 is 27.4 Å². The number of nitrogens with two attached hydrogens (primary N) is 2. The summed E-state index contributed by atoms with van der Waals surface area (Å²) in [6, 6.07) is 13.1. The van der Waals surface area contributed by atoms with Crippen LogP contribution in [0.15, 0.2) is 47.6 Å². The molecule has 1 amide bonds. The molecule has 2 atom stereocenters. The Bertz CT molecular complexity index is 1080. The fourth-order valence-electron chi connectivity index (χ4n) is 5.95. The van der Waals surface area contributed by atoms with Crippen LogP contribution >= 0.6 is 0 Å². The highest BCUT2D eigenvalue weighted by molar-refractivity contribution is 5.81. The molecule has 1 fully saturated rings. The van der Waals surface area contributed by atoms with Crippen molar-refractivity contribution in [3.8, 4) is 0 Å². The number of aryl methyl sites for hydroxylation is 1. The lowest BCUT2D eigenvalue weighted by molar-refractivity contribution is -0.123. The molecule has 1 unspecified atom stereocenters. The number of pyridine rings is 1. The van der Waals surface area contributed by atoms with Gasteiger partial charge in [0.15, 0.2) is 5.96 Å². The number of hydrogen-bond donors (Lipinski definition) is 6. The predicted molar refractivity (Wildman–Crippen MR) is 166 cm³/mol. The molecule has 9 heteroatoms. The predicted octanol–water partition coefficient (Wildman–Crippen LogP) is 3.19. The lowest BCUT2D eigenvalue weighted by Gasteiger charge is -2.29. The zero-order valence-corrected chi connectivity index (χ0v) is 24.5. The molecule has 0 aliphatic heterocycles. The fraction of sp³-hybridized carbons (Fsp3) is 0.594. The van der Waals surface area contributed by atoms with E-state index in [0.717, 1.165) is 62.6 Å². The molecular weight excluding hydrogens is 512 g/mol. The molecule has 2 aliphatic rings. The zero-order chi connectivity index (χ0) is 28.7. The standard InChI is InChI=1S/C32H50N8O/c33-32(34)38-20-6-13-29(40-28-12-4-8-26-9-5-19-37-30(26)28)31(41)39-23-25-16-14-24(15-17-25)22-35-18-7-21-36-27-10-2-1-3-11-27/h5,9,14-17,19,27-29,35-36,40H,1-4,6-8,10-13,18,20-23H2,(H,39,41)(H4,33,34,38)/t28?,29-/m0/s1. The van der Waals surface area contributed by atoms with Gasteiger partial charge in [-0.2, -0.15) is 0 Å². The number of benzene rings is 1. The molecule has 2 aliphatic carbocycles. The van der Waals surface area contributed by atoms with Crippen molar-refractivity contribution in [3.63, 3.8) is 0 Å². The van der Waals surface area contributed by atoms with E-state index in [4.69, 9.17) is 11.5 Å². The Morgan fingerprint density at radius 3 is 2.51 bits per heavy atom. The third kappa shape index (κ3) is 10.7. The number of nitrogens with one attached hydrogen (secondary N) is 4. The Kier molecular flexibility index (Phi) is 12.9. The van der Waals surface area contributed by atoms with Crippen LogP contribution in [0.4, 0.5) is 0 Å². The van der Waals surface area contributed by atoms with Crippen molar-refractivity contribution in [2.75, 3.05) is 19.6 Å². The Morgan fingerprint density at radius 1 is 0.951 bits per heavy atom. The van der Waals surface area contributed by atoms with Crippen LogP contribution in [0, 0.1) is 0 Å². The van der Waals surface area contributed by atoms with Gasteiger partial charge in [0.05, 0.1) is 17.8 Å². The maximum atomic E-state index is 13.3. The third-order valence-corrected chi connectivity index (χ3v) is 8.25. The number of nitrogens with zero attached hydrogens (tertiary/aromatic N) is 2. The molecule has 1 aromatic heterocycles. The number of guanidine groups is 1. The van der Waals surface area contributed by atoms with E-state index in [1.807, 2.05) is 12.3 Å². The summed E-state index contributed by atoms with van der Waals surface area (Å²) in [4.78, 5) is 22.1. The van der Waals surface area contributed by atoms with Crippen LogP contribution in [-0.4, -0.2) is 48.6 Å². The molecule has 0 saturated heterocycles. The van der Waals surface area contributed by atoms with Crippen molar-refractivity contribution in [2.24, 2.45) is 16.5 Å². The van der Waals surface area contributed by atoms with Crippen LogP contribution in [0.2, 0.25) is 0 Å². The van der Waals surface area contributed by atoms with Crippen LogP contribution in [0.25, 0.3) is 0 Å². The van der Waals surface area contributed by atoms with E-state index < -0.39 is 0 Å². The summed E-state index contributed by atoms with van der Waals surface area (Å²) in [7, 11) is 0. The zero-order valence-electron chi connectivity index (χ0n) is 24.5. The highest BCUT2D eigenvalue weighted by Gasteiger charge is 2.27. The maximum Gasteiger partial charge on any atom is 0.237 e. The number of fused-ring (bicyclic) bond motifs is 1. The molecule has 0 spiro atoms. The second-order valence-corrected chi connectivity index (χ2v) is 11.5. The summed E-state index contributed by atoms with van der Waals surface area (Å²) in [5, 5.41) is 14.0. The van der Waals surface area contributed by atoms with Gasteiger partial charge in [0.1, 0.15) is 0 Å². The first-order chi connectivity index (χ1) is 20.1. The first kappa shape index (κ1) is 30.9. The van der Waals surface area contributed by atoms with E-state index >= 15 is 0 Å². The molecule has 224 valence electrons. The number of rotatable bonds is 16. The van der Waals surface area contributed by atoms with Gasteiger partial charge in [-0.05, 0) is 87.2 Å². The molecule has 1 heterocycles. The van der Waals surface area contributed by atoms with Crippen LogP contribution in [0.5, 0.6) is 0 Å². The Morgan fingerprint density at radius 2 is 1.73 bits per heavy atom. The van der Waals surface area contributed by atoms with E-state index in [2.05, 4.69) is 61.6 Å². The molecule has 8 N–H and O–H groups in total. The van der Waals surface area contributed by atoms with Gasteiger partial charge in [-0.1, -0.05) is 49.6 Å². The van der Waals surface area contributed by atoms with Gasteiger partial charge in [0.2, 0.25) is 5.91 Å². The monoisotopic (exact) mass is 562 g/mol. The molecule has 0 bridgehead atoms. The Hall–Kier alpha value is -3.01. The molecule has 9 nitrogen and oxygen atoms in total. The minimum Gasteiger partial charge on any atom is -0.370 e. The average molecular weight is 563 g/mol. The van der Waals surface area contributed by atoms with Gasteiger partial charge in [-0.3, -0.25) is 20.1 Å². The first-order valence-electron chi connectivity index (χ1n) is 15.6. The number of amides is 1. The third-order valence-electron chi connectivity index (χ3n) is 8.25. The van der Waals surface area contributed by atoms with E-state index in [1.165, 1.54) is 43.2 Å². The summed E-state index contributed by atoms with van der Waals surface area (Å²) in [6.07, 6.45) is 14.2. The summed E-state index contributed by atoms with van der Waals surface area (Å²) in [5.74, 6) is 0.0695. The lowest BCUT2D eigenvalue weighted by atomic mass is 9.91. The molecule has 41 heavy (non-hydrogen) atoms. The molecule has 4 rings (SSSR count). The van der Waals surface area contributed by atoms with Crippen LogP contribution in [0.3, 0.4) is 0 Å². The fourth-order valence-corrected chi connectivity index (χ4v) is 5.95. The highest BCUT2D eigenvalue weighted by atomic mass is 16.2. The van der Waals surface area contributed by atoms with Gasteiger partial charge >= 0.3 is 0 Å². The molecule has 1 saturated carbocycles. The number of hydrogen-bond acceptors (Lipinski definition) is 6. The Labute approximate surface area is 245 Å². The quantitative estimate of drug-likeness (QED) is 0.105. The second-order valence-electron chi connectivity index (χ2n) is 11.5. The van der Waals surface area contributed by atoms with Crippen molar-refractivity contribution in [1.82, 2.24) is 26.3 Å². The van der Waals surface area contributed by atoms with Gasteiger partial charge in [-0.15, -0.1) is 0 Å². The topological polar surface area (TPSA) is 142 Å². The number of carbonyl (C=O) groups excluding carboxylic acids is 1. The summed E-state index contributed by atoms with van der Waals surface area (Å²) >= 11 is 0. The van der Waals surface area contributed by atoms with E-state index in [9.17, 15) is 4.79 Å². The SMILES string of the molecule is NC(N)=NCCC[C@H](NC1CCCc2cccnc21)C(=O)NCc1ccc(CNCCCNC2CCCCC2)cc1. The Balaban J connectivity index is 1.21. The van der Waals surface area contributed by atoms with Crippen LogP contribution < -0.4 is 32.7 Å².